The van der Waals surface area contributed by atoms with E-state index in [1.807, 2.05) is 30.3 Å². The van der Waals surface area contributed by atoms with Crippen LogP contribution in [0.1, 0.15) is 27.7 Å². The SMILES string of the molecule is CCOC(=O)c1cc(Cc2ccccc2)sc1NC(=S)Nc1c(F)c(F)cc(F)c1F. The number of esters is 1. The van der Waals surface area contributed by atoms with Crippen molar-refractivity contribution in [3.05, 3.63) is 81.7 Å². The molecule has 3 rings (SSSR count). The number of ether oxygens (including phenoxy) is 1. The van der Waals surface area contributed by atoms with Gasteiger partial charge in [0.2, 0.25) is 0 Å². The topological polar surface area (TPSA) is 50.4 Å². The van der Waals surface area contributed by atoms with Crippen molar-refractivity contribution in [1.29, 1.82) is 0 Å². The van der Waals surface area contributed by atoms with Crippen molar-refractivity contribution in [2.24, 2.45) is 0 Å². The van der Waals surface area contributed by atoms with Crippen molar-refractivity contribution < 1.29 is 27.1 Å². The first-order valence-corrected chi connectivity index (χ1v) is 10.3. The molecule has 162 valence electrons. The van der Waals surface area contributed by atoms with Gasteiger partial charge in [-0.15, -0.1) is 11.3 Å². The summed E-state index contributed by atoms with van der Waals surface area (Å²) in [6, 6.07) is 11.2. The van der Waals surface area contributed by atoms with Gasteiger partial charge in [0.15, 0.2) is 28.4 Å². The highest BCUT2D eigenvalue weighted by atomic mass is 32.1. The smallest absolute Gasteiger partial charge is 0.341 e. The van der Waals surface area contributed by atoms with E-state index < -0.39 is 34.9 Å². The third kappa shape index (κ3) is 5.39. The summed E-state index contributed by atoms with van der Waals surface area (Å²) < 4.78 is 59.7. The molecule has 0 radical (unpaired) electrons. The molecule has 0 saturated heterocycles. The van der Waals surface area contributed by atoms with Crippen LogP contribution in [0, 0.1) is 23.3 Å². The van der Waals surface area contributed by atoms with Crippen LogP contribution in [0.4, 0.5) is 28.3 Å². The van der Waals surface area contributed by atoms with E-state index in [1.165, 1.54) is 11.3 Å². The average Bonchev–Trinajstić information content (AvgIpc) is 3.12. The van der Waals surface area contributed by atoms with Crippen molar-refractivity contribution in [3.8, 4) is 0 Å². The highest BCUT2D eigenvalue weighted by molar-refractivity contribution is 7.80. The van der Waals surface area contributed by atoms with Gasteiger partial charge in [-0.05, 0) is 30.8 Å². The number of hydrogen-bond donors (Lipinski definition) is 2. The van der Waals surface area contributed by atoms with Gasteiger partial charge in [-0.25, -0.2) is 22.4 Å². The summed E-state index contributed by atoms with van der Waals surface area (Å²) in [4.78, 5) is 13.1. The molecule has 0 aliphatic carbocycles. The molecule has 0 atom stereocenters. The molecular weight excluding hydrogens is 452 g/mol. The summed E-state index contributed by atoms with van der Waals surface area (Å²) >= 11 is 6.21. The lowest BCUT2D eigenvalue weighted by molar-refractivity contribution is 0.0528. The van der Waals surface area contributed by atoms with Crippen LogP contribution < -0.4 is 10.6 Å². The van der Waals surface area contributed by atoms with Crippen LogP contribution in [-0.2, 0) is 11.2 Å². The van der Waals surface area contributed by atoms with E-state index in [4.69, 9.17) is 17.0 Å². The zero-order valence-electron chi connectivity index (χ0n) is 16.1. The van der Waals surface area contributed by atoms with Crippen LogP contribution in [0.2, 0.25) is 0 Å². The van der Waals surface area contributed by atoms with Gasteiger partial charge >= 0.3 is 5.97 Å². The maximum atomic E-state index is 13.9. The number of thiophene rings is 1. The van der Waals surface area contributed by atoms with E-state index in [1.54, 1.807) is 13.0 Å². The molecule has 4 nitrogen and oxygen atoms in total. The number of anilines is 2. The molecule has 0 fully saturated rings. The third-order valence-corrected chi connectivity index (χ3v) is 5.33. The van der Waals surface area contributed by atoms with Crippen molar-refractivity contribution in [1.82, 2.24) is 0 Å². The van der Waals surface area contributed by atoms with Gasteiger partial charge in [0.05, 0.1) is 12.2 Å². The summed E-state index contributed by atoms with van der Waals surface area (Å²) in [5.41, 5.74) is 0.104. The number of halogens is 4. The predicted octanol–water partition coefficient (Wildman–Crippen LogP) is 5.88. The van der Waals surface area contributed by atoms with Gasteiger partial charge < -0.3 is 15.4 Å². The quantitative estimate of drug-likeness (QED) is 0.205. The standard InChI is InChI=1S/C21H16F4N2O2S2/c1-2-29-20(28)13-9-12(8-11-6-4-3-5-7-11)31-19(13)27-21(30)26-18-16(24)14(22)10-15(23)17(18)25/h3-7,9-10H,2,8H2,1H3,(H2,26,27,30). The summed E-state index contributed by atoms with van der Waals surface area (Å²) in [7, 11) is 0. The van der Waals surface area contributed by atoms with E-state index in [0.29, 0.717) is 6.42 Å². The zero-order chi connectivity index (χ0) is 22.5. The molecule has 1 heterocycles. The zero-order valence-corrected chi connectivity index (χ0v) is 17.7. The summed E-state index contributed by atoms with van der Waals surface area (Å²) in [5.74, 6) is -7.00. The first kappa shape index (κ1) is 22.7. The summed E-state index contributed by atoms with van der Waals surface area (Å²) in [5, 5.41) is 4.67. The van der Waals surface area contributed by atoms with E-state index in [-0.39, 0.29) is 28.4 Å². The first-order chi connectivity index (χ1) is 14.8. The minimum absolute atomic E-state index is 0.0975. The molecule has 1 aromatic heterocycles. The van der Waals surface area contributed by atoms with Crippen molar-refractivity contribution in [2.45, 2.75) is 13.3 Å². The Labute approximate surface area is 184 Å². The minimum atomic E-state index is -1.62. The highest BCUT2D eigenvalue weighted by Crippen LogP contribution is 2.31. The number of carbonyl (C=O) groups is 1. The first-order valence-electron chi connectivity index (χ1n) is 9.04. The number of carbonyl (C=O) groups excluding carboxylic acids is 1. The fourth-order valence-corrected chi connectivity index (χ4v) is 4.06. The van der Waals surface area contributed by atoms with Gasteiger partial charge in [0.1, 0.15) is 10.7 Å². The molecule has 0 aliphatic rings. The van der Waals surface area contributed by atoms with Crippen molar-refractivity contribution in [2.75, 3.05) is 17.2 Å². The fraction of sp³-hybridized carbons (Fsp3) is 0.143. The molecule has 10 heteroatoms. The van der Waals surface area contributed by atoms with Crippen LogP contribution in [0.15, 0.2) is 42.5 Å². The van der Waals surface area contributed by atoms with Crippen molar-refractivity contribution in [3.63, 3.8) is 0 Å². The monoisotopic (exact) mass is 468 g/mol. The van der Waals surface area contributed by atoms with Gasteiger partial charge in [-0.1, -0.05) is 30.3 Å². The Morgan fingerprint density at radius 2 is 1.68 bits per heavy atom. The molecule has 0 saturated carbocycles. The Morgan fingerprint density at radius 3 is 2.29 bits per heavy atom. The Kier molecular flexibility index (Phi) is 7.24. The van der Waals surface area contributed by atoms with E-state index in [0.717, 1.165) is 10.4 Å². The molecule has 31 heavy (non-hydrogen) atoms. The summed E-state index contributed by atoms with van der Waals surface area (Å²) in [6.45, 7) is 1.79. The number of nitrogens with one attached hydrogen (secondary N) is 2. The third-order valence-electron chi connectivity index (χ3n) is 4.08. The Balaban J connectivity index is 1.86. The summed E-state index contributed by atoms with van der Waals surface area (Å²) in [6.07, 6.45) is 0.526. The van der Waals surface area contributed by atoms with Crippen molar-refractivity contribution >= 4 is 45.3 Å². The minimum Gasteiger partial charge on any atom is -0.462 e. The molecule has 0 unspecified atom stereocenters. The van der Waals surface area contributed by atoms with Crippen LogP contribution in [0.25, 0.3) is 0 Å². The number of rotatable bonds is 6. The molecule has 3 aromatic rings. The maximum absolute atomic E-state index is 13.9. The van der Waals surface area contributed by atoms with Crippen LogP contribution >= 0.6 is 23.6 Å². The molecule has 0 aliphatic heterocycles. The van der Waals surface area contributed by atoms with E-state index in [2.05, 4.69) is 10.6 Å². The van der Waals surface area contributed by atoms with Crippen LogP contribution in [0.5, 0.6) is 0 Å². The molecular formula is C21H16F4N2O2S2. The molecule has 0 spiro atoms. The number of thiocarbonyl (C=S) groups is 1. The Hall–Kier alpha value is -2.98. The fourth-order valence-electron chi connectivity index (χ4n) is 2.71. The van der Waals surface area contributed by atoms with Gasteiger partial charge in [0, 0.05) is 17.4 Å². The largest absolute Gasteiger partial charge is 0.462 e. The van der Waals surface area contributed by atoms with E-state index in [9.17, 15) is 22.4 Å². The van der Waals surface area contributed by atoms with Crippen LogP contribution in [-0.4, -0.2) is 17.7 Å². The van der Waals surface area contributed by atoms with E-state index >= 15 is 0 Å². The lowest BCUT2D eigenvalue weighted by Gasteiger charge is -2.12. The lowest BCUT2D eigenvalue weighted by Crippen LogP contribution is -2.22. The molecule has 0 bridgehead atoms. The maximum Gasteiger partial charge on any atom is 0.341 e. The average molecular weight is 468 g/mol. The second kappa shape index (κ2) is 9.88. The normalized spacial score (nSPS) is 10.6. The molecule has 0 amide bonds. The number of benzene rings is 2. The predicted molar refractivity (Wildman–Crippen MR) is 116 cm³/mol. The number of hydrogen-bond acceptors (Lipinski definition) is 4. The van der Waals surface area contributed by atoms with Gasteiger partial charge in [-0.3, -0.25) is 0 Å². The lowest BCUT2D eigenvalue weighted by atomic mass is 10.1. The second-order valence-corrected chi connectivity index (χ2v) is 7.81. The van der Waals surface area contributed by atoms with Crippen LogP contribution in [0.3, 0.4) is 0 Å². The highest BCUT2D eigenvalue weighted by Gasteiger charge is 2.22. The second-order valence-electron chi connectivity index (χ2n) is 6.26. The van der Waals surface area contributed by atoms with Gasteiger partial charge in [-0.2, -0.15) is 0 Å². The molecule has 2 aromatic carbocycles. The Morgan fingerprint density at radius 1 is 1.03 bits per heavy atom. The van der Waals surface area contributed by atoms with Gasteiger partial charge in [0.25, 0.3) is 0 Å². The molecule has 2 N–H and O–H groups in total. The Bertz CT molecular complexity index is 1090.